The van der Waals surface area contributed by atoms with Crippen LogP contribution in [0.2, 0.25) is 0 Å². The summed E-state index contributed by atoms with van der Waals surface area (Å²) in [4.78, 5) is 0. The van der Waals surface area contributed by atoms with Gasteiger partial charge in [0.2, 0.25) is 0 Å². The first-order valence-corrected chi connectivity index (χ1v) is 18.8. The third-order valence-electron chi connectivity index (χ3n) is 11.4. The van der Waals surface area contributed by atoms with E-state index in [9.17, 15) is 0 Å². The van der Waals surface area contributed by atoms with Gasteiger partial charge in [-0.15, -0.1) is 11.3 Å². The standard InChI is InChI=1S/C49H30N2S/c1-2-14-31(15-3-1)50-41-22-8-6-17-35(41)39-28-40-36-18-7-9-23-42(36)51(45(40)29-44(39)50)43-24-12-26-47-49(43)48-37(21-11-25-46(48)52-47)34-20-10-19-33-32-16-5-4-13-30(32)27-38(33)34/h1-26,28-29H,27H2. The molecule has 242 valence electrons. The second-order valence-corrected chi connectivity index (χ2v) is 15.1. The van der Waals surface area contributed by atoms with Gasteiger partial charge in [-0.2, -0.15) is 0 Å². The monoisotopic (exact) mass is 678 g/mol. The second-order valence-electron chi connectivity index (χ2n) is 14.0. The Labute approximate surface area is 304 Å². The Morgan fingerprint density at radius 1 is 0.385 bits per heavy atom. The van der Waals surface area contributed by atoms with Crippen LogP contribution in [0.15, 0.2) is 170 Å². The third kappa shape index (κ3) is 3.78. The number of fused-ring (bicyclic) bond motifs is 12. The van der Waals surface area contributed by atoms with Crippen molar-refractivity contribution < 1.29 is 0 Å². The van der Waals surface area contributed by atoms with Gasteiger partial charge in [0, 0.05) is 47.4 Å². The van der Waals surface area contributed by atoms with Crippen LogP contribution in [0.3, 0.4) is 0 Å². The van der Waals surface area contributed by atoms with Crippen LogP contribution >= 0.6 is 11.3 Å². The maximum atomic E-state index is 2.54. The number of rotatable bonds is 3. The molecular weight excluding hydrogens is 649 g/mol. The Morgan fingerprint density at radius 2 is 0.962 bits per heavy atom. The largest absolute Gasteiger partial charge is 0.309 e. The highest BCUT2D eigenvalue weighted by Gasteiger charge is 2.25. The molecule has 1 aliphatic rings. The van der Waals surface area contributed by atoms with Gasteiger partial charge in [-0.25, -0.2) is 0 Å². The van der Waals surface area contributed by atoms with Gasteiger partial charge in [-0.3, -0.25) is 0 Å². The van der Waals surface area contributed by atoms with E-state index in [0.29, 0.717) is 0 Å². The van der Waals surface area contributed by atoms with E-state index in [4.69, 9.17) is 0 Å². The highest BCUT2D eigenvalue weighted by molar-refractivity contribution is 7.26. The number of nitrogens with zero attached hydrogens (tertiary/aromatic N) is 2. The molecule has 0 amide bonds. The van der Waals surface area contributed by atoms with Crippen LogP contribution in [-0.2, 0) is 6.42 Å². The van der Waals surface area contributed by atoms with Crippen LogP contribution in [0.25, 0.3) is 97.4 Å². The lowest BCUT2D eigenvalue weighted by atomic mass is 9.92. The van der Waals surface area contributed by atoms with Crippen molar-refractivity contribution in [3.8, 4) is 33.6 Å². The zero-order valence-electron chi connectivity index (χ0n) is 28.2. The van der Waals surface area contributed by atoms with Crippen LogP contribution in [-0.4, -0.2) is 9.13 Å². The minimum atomic E-state index is 0.964. The smallest absolute Gasteiger partial charge is 0.0562 e. The number of hydrogen-bond donors (Lipinski definition) is 0. The van der Waals surface area contributed by atoms with Crippen LogP contribution < -0.4 is 0 Å². The maximum Gasteiger partial charge on any atom is 0.0562 e. The zero-order chi connectivity index (χ0) is 33.9. The van der Waals surface area contributed by atoms with E-state index in [0.717, 1.165) is 6.42 Å². The van der Waals surface area contributed by atoms with Gasteiger partial charge in [0.1, 0.15) is 0 Å². The second kappa shape index (κ2) is 10.6. The molecule has 0 spiro atoms. The van der Waals surface area contributed by atoms with E-state index in [1.54, 1.807) is 0 Å². The van der Waals surface area contributed by atoms with Crippen molar-refractivity contribution in [3.05, 3.63) is 181 Å². The molecule has 52 heavy (non-hydrogen) atoms. The third-order valence-corrected chi connectivity index (χ3v) is 12.5. The number of thiophene rings is 1. The van der Waals surface area contributed by atoms with Crippen molar-refractivity contribution in [1.82, 2.24) is 9.13 Å². The van der Waals surface area contributed by atoms with E-state index >= 15 is 0 Å². The molecule has 11 aromatic rings. The molecule has 0 unspecified atom stereocenters. The van der Waals surface area contributed by atoms with Crippen LogP contribution in [0, 0.1) is 0 Å². The lowest BCUT2D eigenvalue weighted by molar-refractivity contribution is 1.17. The minimum Gasteiger partial charge on any atom is -0.309 e. The summed E-state index contributed by atoms with van der Waals surface area (Å²) in [7, 11) is 0. The van der Waals surface area contributed by atoms with Crippen molar-refractivity contribution in [3.63, 3.8) is 0 Å². The summed E-state index contributed by atoms with van der Waals surface area (Å²) in [5, 5.41) is 7.75. The molecule has 0 fully saturated rings. The van der Waals surface area contributed by atoms with Gasteiger partial charge in [0.05, 0.1) is 27.8 Å². The summed E-state index contributed by atoms with van der Waals surface area (Å²) in [6.45, 7) is 0. The first kappa shape index (κ1) is 28.3. The normalized spacial score (nSPS) is 12.5. The summed E-state index contributed by atoms with van der Waals surface area (Å²) in [5.41, 5.74) is 15.5. The van der Waals surface area contributed by atoms with Crippen LogP contribution in [0.5, 0.6) is 0 Å². The molecule has 0 saturated heterocycles. The fraction of sp³-hybridized carbons (Fsp3) is 0.0204. The molecule has 0 bridgehead atoms. The molecule has 8 aromatic carbocycles. The molecule has 12 rings (SSSR count). The SMILES string of the molecule is c1ccc(-n2c3ccccc3c3cc4c5ccccc5n(-c5cccc6sc7cccc(-c8cccc9c8Cc8ccccc8-9)c7c56)c4cc32)cc1. The molecule has 2 nitrogen and oxygen atoms in total. The molecule has 3 aromatic heterocycles. The molecule has 0 N–H and O–H groups in total. The summed E-state index contributed by atoms with van der Waals surface area (Å²) >= 11 is 1.90. The van der Waals surface area contributed by atoms with Gasteiger partial charge >= 0.3 is 0 Å². The van der Waals surface area contributed by atoms with E-state index in [1.165, 1.54) is 109 Å². The fourth-order valence-electron chi connectivity index (χ4n) is 9.21. The molecular formula is C49H30N2S. The summed E-state index contributed by atoms with van der Waals surface area (Å²) in [5.74, 6) is 0. The predicted molar refractivity (Wildman–Crippen MR) is 222 cm³/mol. The lowest BCUT2D eigenvalue weighted by Gasteiger charge is -2.14. The van der Waals surface area contributed by atoms with Gasteiger partial charge < -0.3 is 9.13 Å². The zero-order valence-corrected chi connectivity index (χ0v) is 29.0. The average molecular weight is 679 g/mol. The highest BCUT2D eigenvalue weighted by atomic mass is 32.1. The lowest BCUT2D eigenvalue weighted by Crippen LogP contribution is -1.96. The first-order chi connectivity index (χ1) is 25.8. The molecule has 3 heterocycles. The molecule has 0 atom stereocenters. The van der Waals surface area contributed by atoms with Crippen molar-refractivity contribution in [1.29, 1.82) is 0 Å². The number of aromatic nitrogens is 2. The van der Waals surface area contributed by atoms with Crippen LogP contribution in [0.4, 0.5) is 0 Å². The first-order valence-electron chi connectivity index (χ1n) is 18.0. The van der Waals surface area contributed by atoms with E-state index < -0.39 is 0 Å². The topological polar surface area (TPSA) is 9.86 Å². The molecule has 1 aliphatic carbocycles. The summed E-state index contributed by atoms with van der Waals surface area (Å²) in [6, 6.07) is 63.0. The molecule has 0 radical (unpaired) electrons. The number of hydrogen-bond acceptors (Lipinski definition) is 1. The van der Waals surface area contributed by atoms with Crippen LogP contribution in [0.1, 0.15) is 11.1 Å². The van der Waals surface area contributed by atoms with Gasteiger partial charge in [0.25, 0.3) is 0 Å². The molecule has 0 aliphatic heterocycles. The van der Waals surface area contributed by atoms with Crippen molar-refractivity contribution in [2.75, 3.05) is 0 Å². The number of benzene rings is 8. The Hall–Kier alpha value is -6.42. The quantitative estimate of drug-likeness (QED) is 0.176. The van der Waals surface area contributed by atoms with Gasteiger partial charge in [-0.1, -0.05) is 115 Å². The Bertz CT molecular complexity index is 3260. The van der Waals surface area contributed by atoms with Crippen molar-refractivity contribution in [2.45, 2.75) is 6.42 Å². The molecule has 0 saturated carbocycles. The Balaban J connectivity index is 1.20. The van der Waals surface area contributed by atoms with E-state index in [2.05, 4.69) is 179 Å². The predicted octanol–water partition coefficient (Wildman–Crippen LogP) is 13.5. The summed E-state index contributed by atoms with van der Waals surface area (Å²) in [6.07, 6.45) is 0.964. The van der Waals surface area contributed by atoms with Gasteiger partial charge in [-0.05, 0) is 94.4 Å². The van der Waals surface area contributed by atoms with Crippen molar-refractivity contribution >= 4 is 75.1 Å². The highest BCUT2D eigenvalue weighted by Crippen LogP contribution is 2.48. The van der Waals surface area contributed by atoms with Gasteiger partial charge in [0.15, 0.2) is 0 Å². The molecule has 3 heteroatoms. The average Bonchev–Trinajstić information content (AvgIpc) is 3.95. The summed E-state index contributed by atoms with van der Waals surface area (Å²) < 4.78 is 7.59. The van der Waals surface area contributed by atoms with E-state index in [-0.39, 0.29) is 0 Å². The van der Waals surface area contributed by atoms with Crippen molar-refractivity contribution in [2.24, 2.45) is 0 Å². The number of para-hydroxylation sites is 3. The Kier molecular flexibility index (Phi) is 5.74. The maximum absolute atomic E-state index is 2.54. The fourth-order valence-corrected chi connectivity index (χ4v) is 10.4. The Morgan fingerprint density at radius 3 is 1.77 bits per heavy atom. The minimum absolute atomic E-state index is 0.964. The van der Waals surface area contributed by atoms with E-state index in [1.807, 2.05) is 11.3 Å².